The van der Waals surface area contributed by atoms with E-state index in [9.17, 15) is 4.79 Å². The van der Waals surface area contributed by atoms with Crippen LogP contribution in [0.15, 0.2) is 48.5 Å². The third-order valence-electron chi connectivity index (χ3n) is 3.25. The molecule has 0 bridgehead atoms. The molecule has 0 heterocycles. The van der Waals surface area contributed by atoms with Gasteiger partial charge in [0.05, 0.1) is 23.5 Å². The second-order valence-corrected chi connectivity index (χ2v) is 4.77. The third kappa shape index (κ3) is 3.54. The molecule has 4 nitrogen and oxygen atoms in total. The number of benzene rings is 2. The number of rotatable bonds is 5. The van der Waals surface area contributed by atoms with E-state index in [-0.39, 0.29) is 12.0 Å². The van der Waals surface area contributed by atoms with E-state index in [4.69, 9.17) is 10.5 Å². The van der Waals surface area contributed by atoms with Crippen molar-refractivity contribution in [2.45, 2.75) is 19.9 Å². The zero-order valence-electron chi connectivity index (χ0n) is 12.3. The van der Waals surface area contributed by atoms with Crippen molar-refractivity contribution in [1.82, 2.24) is 0 Å². The summed E-state index contributed by atoms with van der Waals surface area (Å²) >= 11 is 0. The summed E-state index contributed by atoms with van der Waals surface area (Å²) in [6, 6.07) is 15.3. The van der Waals surface area contributed by atoms with Gasteiger partial charge in [0.25, 0.3) is 0 Å². The Labute approximate surface area is 124 Å². The van der Waals surface area contributed by atoms with Gasteiger partial charge in [-0.3, -0.25) is 0 Å². The first-order valence-corrected chi connectivity index (χ1v) is 7.00. The van der Waals surface area contributed by atoms with Gasteiger partial charge in [-0.05, 0) is 31.5 Å². The summed E-state index contributed by atoms with van der Waals surface area (Å²) in [6.45, 7) is 4.14. The lowest BCUT2D eigenvalue weighted by Crippen LogP contribution is -2.14. The molecular weight excluding hydrogens is 264 g/mol. The molecule has 0 fully saturated rings. The lowest BCUT2D eigenvalue weighted by Gasteiger charge is -2.19. The number of nitrogens with one attached hydrogen (secondary N) is 1. The van der Waals surface area contributed by atoms with E-state index in [2.05, 4.69) is 5.32 Å². The molecule has 0 amide bonds. The minimum Gasteiger partial charge on any atom is -0.462 e. The van der Waals surface area contributed by atoms with Gasteiger partial charge in [0, 0.05) is 6.04 Å². The number of ether oxygens (including phenoxy) is 1. The van der Waals surface area contributed by atoms with E-state index in [0.29, 0.717) is 23.5 Å². The summed E-state index contributed by atoms with van der Waals surface area (Å²) in [5.41, 5.74) is 8.74. The van der Waals surface area contributed by atoms with Crippen LogP contribution >= 0.6 is 0 Å². The second kappa shape index (κ2) is 6.79. The first-order chi connectivity index (χ1) is 10.1. The topological polar surface area (TPSA) is 64.3 Å². The first kappa shape index (κ1) is 14.9. The van der Waals surface area contributed by atoms with Gasteiger partial charge < -0.3 is 15.8 Å². The summed E-state index contributed by atoms with van der Waals surface area (Å²) in [4.78, 5) is 12.0. The molecule has 4 heteroatoms. The molecule has 0 aliphatic heterocycles. The van der Waals surface area contributed by atoms with Gasteiger partial charge >= 0.3 is 5.97 Å². The Balaban J connectivity index is 2.29. The van der Waals surface area contributed by atoms with Crippen LogP contribution in [0.1, 0.15) is 35.8 Å². The summed E-state index contributed by atoms with van der Waals surface area (Å²) in [5.74, 6) is -0.368. The number of hydrogen-bond acceptors (Lipinski definition) is 4. The average Bonchev–Trinajstić information content (AvgIpc) is 2.50. The van der Waals surface area contributed by atoms with E-state index in [1.54, 1.807) is 25.1 Å². The monoisotopic (exact) mass is 284 g/mol. The fraction of sp³-hybridized carbons (Fsp3) is 0.235. The molecule has 0 aliphatic rings. The number of para-hydroxylation sites is 1. The molecule has 1 unspecified atom stereocenters. The first-order valence-electron chi connectivity index (χ1n) is 7.00. The van der Waals surface area contributed by atoms with Gasteiger partial charge in [0.2, 0.25) is 0 Å². The number of carbonyl (C=O) groups is 1. The predicted octanol–water partition coefficient (Wildman–Crippen LogP) is 3.62. The van der Waals surface area contributed by atoms with E-state index in [0.717, 1.165) is 5.56 Å². The summed E-state index contributed by atoms with van der Waals surface area (Å²) in [7, 11) is 0. The maximum atomic E-state index is 12.0. The molecule has 110 valence electrons. The van der Waals surface area contributed by atoms with Crippen LogP contribution in [0.5, 0.6) is 0 Å². The van der Waals surface area contributed by atoms with Gasteiger partial charge in [-0.2, -0.15) is 0 Å². The lowest BCUT2D eigenvalue weighted by atomic mass is 10.1. The molecule has 0 saturated carbocycles. The molecule has 21 heavy (non-hydrogen) atoms. The minimum absolute atomic E-state index is 0.0316. The van der Waals surface area contributed by atoms with E-state index < -0.39 is 0 Å². The largest absolute Gasteiger partial charge is 0.462 e. The number of carbonyl (C=O) groups excluding carboxylic acids is 1. The molecule has 2 aromatic rings. The van der Waals surface area contributed by atoms with E-state index in [1.807, 2.05) is 37.3 Å². The van der Waals surface area contributed by atoms with Gasteiger partial charge in [0.1, 0.15) is 0 Å². The molecule has 0 saturated heterocycles. The SMILES string of the molecule is CCOC(=O)c1cccc(N)c1NC(C)c1ccccc1. The van der Waals surface area contributed by atoms with Gasteiger partial charge in [-0.15, -0.1) is 0 Å². The predicted molar refractivity (Wildman–Crippen MR) is 85.3 cm³/mol. The standard InChI is InChI=1S/C17H20N2O2/c1-3-21-17(20)14-10-7-11-15(18)16(14)19-12(2)13-8-5-4-6-9-13/h4-12,19H,3,18H2,1-2H3. The zero-order chi connectivity index (χ0) is 15.2. The van der Waals surface area contributed by atoms with Gasteiger partial charge in [0.15, 0.2) is 0 Å². The molecular formula is C17H20N2O2. The highest BCUT2D eigenvalue weighted by molar-refractivity contribution is 5.98. The highest BCUT2D eigenvalue weighted by Crippen LogP contribution is 2.28. The molecule has 1 atom stereocenters. The highest BCUT2D eigenvalue weighted by Gasteiger charge is 2.16. The maximum Gasteiger partial charge on any atom is 0.340 e. The van der Waals surface area contributed by atoms with E-state index in [1.165, 1.54) is 0 Å². The van der Waals surface area contributed by atoms with Crippen LogP contribution in [0.4, 0.5) is 11.4 Å². The minimum atomic E-state index is -0.368. The molecule has 0 radical (unpaired) electrons. The van der Waals surface area contributed by atoms with Crippen molar-refractivity contribution in [1.29, 1.82) is 0 Å². The van der Waals surface area contributed by atoms with Crippen LogP contribution in [-0.2, 0) is 4.74 Å². The van der Waals surface area contributed by atoms with Crippen molar-refractivity contribution in [3.63, 3.8) is 0 Å². The third-order valence-corrected chi connectivity index (χ3v) is 3.25. The Morgan fingerprint density at radius 2 is 1.90 bits per heavy atom. The fourth-order valence-electron chi connectivity index (χ4n) is 2.15. The van der Waals surface area contributed by atoms with Gasteiger partial charge in [-0.1, -0.05) is 36.4 Å². The highest BCUT2D eigenvalue weighted by atomic mass is 16.5. The molecule has 0 spiro atoms. The van der Waals surface area contributed by atoms with Crippen molar-refractivity contribution in [2.24, 2.45) is 0 Å². The summed E-state index contributed by atoms with van der Waals surface area (Å²) in [5, 5.41) is 3.31. The fourth-order valence-corrected chi connectivity index (χ4v) is 2.15. The zero-order valence-corrected chi connectivity index (χ0v) is 12.3. The van der Waals surface area contributed by atoms with Crippen LogP contribution < -0.4 is 11.1 Å². The van der Waals surface area contributed by atoms with Crippen LogP contribution in [0.3, 0.4) is 0 Å². The Hall–Kier alpha value is -2.49. The molecule has 2 rings (SSSR count). The van der Waals surface area contributed by atoms with Gasteiger partial charge in [-0.25, -0.2) is 4.79 Å². The summed E-state index contributed by atoms with van der Waals surface area (Å²) in [6.07, 6.45) is 0. The number of nitrogen functional groups attached to an aromatic ring is 1. The molecule has 3 N–H and O–H groups in total. The average molecular weight is 284 g/mol. The van der Waals surface area contributed by atoms with Crippen LogP contribution in [0.25, 0.3) is 0 Å². The molecule has 2 aromatic carbocycles. The maximum absolute atomic E-state index is 12.0. The van der Waals surface area contributed by atoms with E-state index >= 15 is 0 Å². The number of anilines is 2. The molecule has 0 aromatic heterocycles. The smallest absolute Gasteiger partial charge is 0.340 e. The number of nitrogens with two attached hydrogens (primary N) is 1. The normalized spacial score (nSPS) is 11.7. The van der Waals surface area contributed by atoms with Crippen molar-refractivity contribution >= 4 is 17.3 Å². The Bertz CT molecular complexity index is 611. The van der Waals surface area contributed by atoms with Crippen molar-refractivity contribution in [3.05, 3.63) is 59.7 Å². The van der Waals surface area contributed by atoms with Crippen LogP contribution in [0, 0.1) is 0 Å². The van der Waals surface area contributed by atoms with Crippen molar-refractivity contribution in [2.75, 3.05) is 17.7 Å². The number of esters is 1. The van der Waals surface area contributed by atoms with Crippen molar-refractivity contribution in [3.8, 4) is 0 Å². The van der Waals surface area contributed by atoms with Crippen molar-refractivity contribution < 1.29 is 9.53 Å². The number of hydrogen-bond donors (Lipinski definition) is 2. The quantitative estimate of drug-likeness (QED) is 0.650. The Morgan fingerprint density at radius 1 is 1.19 bits per heavy atom. The van der Waals surface area contributed by atoms with Crippen LogP contribution in [0.2, 0.25) is 0 Å². The summed E-state index contributed by atoms with van der Waals surface area (Å²) < 4.78 is 5.08. The Morgan fingerprint density at radius 3 is 2.57 bits per heavy atom. The lowest BCUT2D eigenvalue weighted by molar-refractivity contribution is 0.0527. The second-order valence-electron chi connectivity index (χ2n) is 4.77. The van der Waals surface area contributed by atoms with Crippen LogP contribution in [-0.4, -0.2) is 12.6 Å². The molecule has 0 aliphatic carbocycles. The Kier molecular flexibility index (Phi) is 4.82.